The number of halogens is 4. The summed E-state index contributed by atoms with van der Waals surface area (Å²) < 4.78 is 0.931. The number of carbonyl (C=O) groups excluding carboxylic acids is 3. The van der Waals surface area contributed by atoms with E-state index >= 15 is 0 Å². The van der Waals surface area contributed by atoms with Crippen LogP contribution in [0.4, 0.5) is 17.1 Å². The molecule has 0 aliphatic rings. The van der Waals surface area contributed by atoms with Gasteiger partial charge >= 0.3 is 18.9 Å². The maximum Gasteiger partial charge on any atom is 1.00 e. The molecular formula is C60H56BrCl3LiN7O3. The summed E-state index contributed by atoms with van der Waals surface area (Å²) in [5, 5.41) is 7.15. The molecule has 2 N–H and O–H groups in total. The molecule has 378 valence electrons. The Morgan fingerprint density at radius 3 is 1.52 bits per heavy atom. The Morgan fingerprint density at radius 2 is 1.07 bits per heavy atom. The number of rotatable bonds is 9. The molecule has 9 aromatic rings. The number of anilines is 2. The Morgan fingerprint density at radius 1 is 0.573 bits per heavy atom. The van der Waals surface area contributed by atoms with E-state index in [1.807, 2.05) is 197 Å². The number of aliphatic imine (C=N–C) groups is 1. The second-order valence-corrected chi connectivity index (χ2v) is 17.2. The summed E-state index contributed by atoms with van der Waals surface area (Å²) in [7, 11) is 0. The van der Waals surface area contributed by atoms with Gasteiger partial charge in [-0.25, -0.2) is 9.78 Å². The van der Waals surface area contributed by atoms with E-state index < -0.39 is 0 Å². The second kappa shape index (κ2) is 37.7. The molecule has 75 heavy (non-hydrogen) atoms. The Kier molecular flexibility index (Phi) is 32.2. The first-order chi connectivity index (χ1) is 35.4. The van der Waals surface area contributed by atoms with Gasteiger partial charge in [0, 0.05) is 45.9 Å². The Labute approximate surface area is 476 Å². The van der Waals surface area contributed by atoms with Crippen LogP contribution >= 0.6 is 50.7 Å². The number of amides is 2. The van der Waals surface area contributed by atoms with Gasteiger partial charge < -0.3 is 15.6 Å². The predicted octanol–water partition coefficient (Wildman–Crippen LogP) is 13.1. The van der Waals surface area contributed by atoms with Crippen LogP contribution in [0.2, 0.25) is 10.0 Å². The van der Waals surface area contributed by atoms with Gasteiger partial charge in [0.25, 0.3) is 11.8 Å². The van der Waals surface area contributed by atoms with Crippen molar-refractivity contribution in [1.29, 1.82) is 0 Å². The van der Waals surface area contributed by atoms with E-state index in [9.17, 15) is 14.4 Å². The molecule has 0 aliphatic heterocycles. The first-order valence-corrected chi connectivity index (χ1v) is 24.7. The first kappa shape index (κ1) is 64.1. The molecule has 4 heterocycles. The number of pyridine rings is 4. The molecule has 0 fully saturated rings. The van der Waals surface area contributed by atoms with E-state index in [2.05, 4.69) is 57.7 Å². The van der Waals surface area contributed by atoms with Crippen LogP contribution in [0.3, 0.4) is 0 Å². The number of hydrogen-bond donors (Lipinski definition) is 2. The Hall–Kier alpha value is -7.03. The zero-order chi connectivity index (χ0) is 52.5. The van der Waals surface area contributed by atoms with Gasteiger partial charge in [-0.05, 0) is 149 Å². The number of aromatic nitrogens is 4. The van der Waals surface area contributed by atoms with Crippen LogP contribution in [0.1, 0.15) is 61.8 Å². The fraction of sp³-hybridized carbons (Fsp3) is 0.117. The molecule has 0 aliphatic carbocycles. The number of para-hydroxylation sites is 3. The number of hydrogen-bond acceptors (Lipinski definition) is 8. The number of carbonyl (C=O) groups is 2. The SMILES string of the molecule is C.Cc1[c-]nccc1.Cc1cccnc1Br.Cc1cccnc1C(=O)Nc1ccccc1.ClCc1cccc(Cl)c1.O=C(Nc1ccccc1)c1ncccc1CCc1cccc(Cl)c1.O=C=Nc1ccccc1.[Li+]. The first-order valence-electron chi connectivity index (χ1n) is 22.6. The number of alkyl halides is 1. The summed E-state index contributed by atoms with van der Waals surface area (Å²) in [6, 6.07) is 58.3. The van der Waals surface area contributed by atoms with Gasteiger partial charge in [0.1, 0.15) is 16.0 Å². The van der Waals surface area contributed by atoms with Gasteiger partial charge in [0.05, 0.1) is 5.69 Å². The number of aryl methyl sites for hydroxylation is 5. The average Bonchev–Trinajstić information content (AvgIpc) is 3.41. The van der Waals surface area contributed by atoms with Crippen molar-refractivity contribution < 1.29 is 33.2 Å². The van der Waals surface area contributed by atoms with Crippen LogP contribution < -0.4 is 29.5 Å². The minimum absolute atomic E-state index is 0. The number of nitrogens with zero attached hydrogens (tertiary/aromatic N) is 5. The molecular weight excluding hydrogens is 1060 g/mol. The smallest absolute Gasteiger partial charge is 0.394 e. The second-order valence-electron chi connectivity index (χ2n) is 15.3. The molecule has 0 saturated carbocycles. The zero-order valence-corrected chi connectivity index (χ0v) is 45.2. The zero-order valence-electron chi connectivity index (χ0n) is 41.3. The Bertz CT molecular complexity index is 3070. The molecule has 2 amide bonds. The van der Waals surface area contributed by atoms with Gasteiger partial charge in [-0.15, -0.1) is 17.2 Å². The summed E-state index contributed by atoms with van der Waals surface area (Å²) in [6.07, 6.45) is 12.5. The van der Waals surface area contributed by atoms with Crippen molar-refractivity contribution in [3.05, 3.63) is 278 Å². The van der Waals surface area contributed by atoms with Crippen LogP contribution in [-0.4, -0.2) is 37.8 Å². The molecule has 0 bridgehead atoms. The van der Waals surface area contributed by atoms with Crippen molar-refractivity contribution in [3.63, 3.8) is 0 Å². The quantitative estimate of drug-likeness (QED) is 0.0366. The molecule has 5 aromatic carbocycles. The van der Waals surface area contributed by atoms with Crippen LogP contribution in [0, 0.1) is 27.0 Å². The van der Waals surface area contributed by atoms with Gasteiger partial charge in [-0.2, -0.15) is 17.1 Å². The van der Waals surface area contributed by atoms with Crippen LogP contribution in [0.5, 0.6) is 0 Å². The molecule has 0 atom stereocenters. The van der Waals surface area contributed by atoms with Gasteiger partial charge in [-0.1, -0.05) is 147 Å². The molecule has 0 saturated heterocycles. The minimum Gasteiger partial charge on any atom is -0.394 e. The van der Waals surface area contributed by atoms with Crippen molar-refractivity contribution in [2.24, 2.45) is 4.99 Å². The minimum atomic E-state index is -0.192. The average molecular weight is 1120 g/mol. The van der Waals surface area contributed by atoms with E-state index in [-0.39, 0.29) is 38.1 Å². The molecule has 9 rings (SSSR count). The normalized spacial score (nSPS) is 9.32. The fourth-order valence-corrected chi connectivity index (χ4v) is 6.85. The van der Waals surface area contributed by atoms with Gasteiger partial charge in [-0.3, -0.25) is 19.6 Å². The molecule has 4 aromatic heterocycles. The van der Waals surface area contributed by atoms with E-state index in [1.54, 1.807) is 36.9 Å². The molecule has 10 nitrogen and oxygen atoms in total. The van der Waals surface area contributed by atoms with Crippen molar-refractivity contribution >= 4 is 85.7 Å². The molecule has 0 unspecified atom stereocenters. The summed E-state index contributed by atoms with van der Waals surface area (Å²) in [4.78, 5) is 53.5. The molecule has 0 radical (unpaired) electrons. The van der Waals surface area contributed by atoms with E-state index in [0.29, 0.717) is 23.0 Å². The molecule has 15 heteroatoms. The van der Waals surface area contributed by atoms with Crippen molar-refractivity contribution in [3.8, 4) is 0 Å². The van der Waals surface area contributed by atoms with Crippen molar-refractivity contribution in [2.75, 3.05) is 10.6 Å². The molecule has 0 spiro atoms. The van der Waals surface area contributed by atoms with Crippen molar-refractivity contribution in [1.82, 2.24) is 19.9 Å². The van der Waals surface area contributed by atoms with E-state index in [1.165, 1.54) is 11.6 Å². The predicted molar refractivity (Wildman–Crippen MR) is 307 cm³/mol. The van der Waals surface area contributed by atoms with Crippen molar-refractivity contribution in [2.45, 2.75) is 46.9 Å². The fourth-order valence-electron chi connectivity index (χ4n) is 6.01. The third-order valence-electron chi connectivity index (χ3n) is 9.63. The summed E-state index contributed by atoms with van der Waals surface area (Å²) in [6.45, 7) is 5.84. The number of nitrogens with one attached hydrogen (secondary N) is 2. The monoisotopic (exact) mass is 1110 g/mol. The largest absolute Gasteiger partial charge is 1.00 e. The topological polar surface area (TPSA) is 139 Å². The van der Waals surface area contributed by atoms with Crippen LogP contribution in [-0.2, 0) is 23.5 Å². The Balaban J connectivity index is 0.000000328. The van der Waals surface area contributed by atoms with Gasteiger partial charge in [0.2, 0.25) is 6.08 Å². The number of isocyanates is 1. The number of benzene rings is 5. The summed E-state index contributed by atoms with van der Waals surface area (Å²) in [5.41, 5.74) is 9.36. The third-order valence-corrected chi connectivity index (χ3v) is 11.2. The van der Waals surface area contributed by atoms with Gasteiger partial charge in [0.15, 0.2) is 0 Å². The van der Waals surface area contributed by atoms with E-state index in [0.717, 1.165) is 66.7 Å². The summed E-state index contributed by atoms with van der Waals surface area (Å²) in [5.74, 6) is 0.160. The van der Waals surface area contributed by atoms with E-state index in [4.69, 9.17) is 34.8 Å². The van der Waals surface area contributed by atoms with Crippen LogP contribution in [0.15, 0.2) is 222 Å². The maximum atomic E-state index is 12.5. The third kappa shape index (κ3) is 26.1. The standard InChI is InChI=1S/C20H17ClN2O.C13H12N2O.C7H6Cl2.C7H5NO.C6H6BrN.C6H6N.CH4.Li/c21-17-8-4-6-15(14-17)11-12-16-7-5-13-22-19(16)20(24)23-18-9-2-1-3-10-18;1-10-6-5-9-14-12(10)13(16)15-11-7-3-2-4-8-11;8-5-6-2-1-3-7(9)4-6;9-6-8-7-4-2-1-3-5-7;1-5-3-2-4-8-6(5)7;1-6-3-2-4-7-5-6;;/h1-10,13-14H,11-12H2,(H,23,24);2-9H,1H3,(H,15,16);1-4H,5H2;1-5H;2-4H,1H3;2-4H,1H3;1H4;/q;;;;;-1;;+1. The summed E-state index contributed by atoms with van der Waals surface area (Å²) >= 11 is 20.5. The van der Waals surface area contributed by atoms with Crippen LogP contribution in [0.25, 0.3) is 0 Å². The maximum absolute atomic E-state index is 12.5.